The van der Waals surface area contributed by atoms with Gasteiger partial charge < -0.3 is 9.15 Å². The zero-order chi connectivity index (χ0) is 15.2. The highest BCUT2D eigenvalue weighted by molar-refractivity contribution is 7.89. The van der Waals surface area contributed by atoms with Crippen LogP contribution in [0.2, 0.25) is 0 Å². The molecule has 0 saturated heterocycles. The summed E-state index contributed by atoms with van der Waals surface area (Å²) in [5, 5.41) is 0. The summed E-state index contributed by atoms with van der Waals surface area (Å²) >= 11 is 1.25. The number of furan rings is 1. The Balaban J connectivity index is 2.19. The molecule has 6 nitrogen and oxygen atoms in total. The molecule has 0 bridgehead atoms. The topological polar surface area (TPSA) is 76.8 Å². The molecule has 0 N–H and O–H groups in total. The summed E-state index contributed by atoms with van der Waals surface area (Å²) in [7, 11) is -1.23. The number of esters is 1. The highest BCUT2D eigenvalue weighted by atomic mass is 32.2. The highest BCUT2D eigenvalue weighted by Gasteiger charge is 2.35. The number of hydrogen-bond acceptors (Lipinski definition) is 6. The van der Waals surface area contributed by atoms with Crippen LogP contribution in [0.1, 0.15) is 4.88 Å². The van der Waals surface area contributed by atoms with Crippen LogP contribution >= 0.6 is 11.3 Å². The molecular weight excluding hydrogens is 314 g/mol. The molecule has 0 unspecified atom stereocenters. The third-order valence-corrected chi connectivity index (χ3v) is 6.17. The van der Waals surface area contributed by atoms with Gasteiger partial charge in [-0.2, -0.15) is 0 Å². The van der Waals surface area contributed by atoms with E-state index in [1.54, 1.807) is 18.2 Å². The summed E-state index contributed by atoms with van der Waals surface area (Å²) in [6.45, 7) is 0. The van der Waals surface area contributed by atoms with Crippen molar-refractivity contribution in [2.45, 2.75) is 4.90 Å². The van der Waals surface area contributed by atoms with Crippen molar-refractivity contribution >= 4 is 33.4 Å². The molecule has 0 saturated carbocycles. The van der Waals surface area contributed by atoms with Crippen LogP contribution in [0.4, 0.5) is 0 Å². The molecule has 3 rings (SSSR count). The Morgan fingerprint density at radius 2 is 2.19 bits per heavy atom. The van der Waals surface area contributed by atoms with Crippen molar-refractivity contribution in [2.75, 3.05) is 14.2 Å². The quantitative estimate of drug-likeness (QED) is 0.791. The Hall–Kier alpha value is -2.06. The van der Waals surface area contributed by atoms with Crippen molar-refractivity contribution < 1.29 is 22.4 Å². The molecule has 110 valence electrons. The lowest BCUT2D eigenvalue weighted by Gasteiger charge is -2.24. The van der Waals surface area contributed by atoms with E-state index in [4.69, 9.17) is 4.42 Å². The van der Waals surface area contributed by atoms with Gasteiger partial charge in [-0.15, -0.1) is 11.3 Å². The van der Waals surface area contributed by atoms with E-state index in [1.807, 2.05) is 0 Å². The van der Waals surface area contributed by atoms with Gasteiger partial charge in [-0.1, -0.05) is 0 Å². The zero-order valence-corrected chi connectivity index (χ0v) is 12.8. The fraction of sp³-hybridized carbons (Fsp3) is 0.154. The van der Waals surface area contributed by atoms with Gasteiger partial charge in [0.2, 0.25) is 0 Å². The van der Waals surface area contributed by atoms with E-state index in [0.29, 0.717) is 15.5 Å². The Kier molecular flexibility index (Phi) is 3.14. The molecule has 0 spiro atoms. The van der Waals surface area contributed by atoms with Gasteiger partial charge in [0.15, 0.2) is 0 Å². The number of carbonyl (C=O) groups excluding carboxylic acids is 1. The van der Waals surface area contributed by atoms with Gasteiger partial charge in [-0.3, -0.25) is 4.31 Å². The molecule has 8 heteroatoms. The van der Waals surface area contributed by atoms with Crippen LogP contribution in [0.3, 0.4) is 0 Å². The number of thiophene rings is 1. The molecule has 2 aromatic heterocycles. The SMILES string of the molecule is COC(=O)C1=Cc2sc(-c3ccco3)cc2S(=O)(=O)N1C. The molecule has 0 radical (unpaired) electrons. The summed E-state index contributed by atoms with van der Waals surface area (Å²) in [4.78, 5) is 13.0. The molecule has 2 aromatic rings. The average molecular weight is 325 g/mol. The van der Waals surface area contributed by atoms with Crippen LogP contribution in [0.25, 0.3) is 16.7 Å². The number of carbonyl (C=O) groups is 1. The molecule has 3 heterocycles. The summed E-state index contributed by atoms with van der Waals surface area (Å²) in [5.74, 6) is -0.111. The van der Waals surface area contributed by atoms with E-state index >= 15 is 0 Å². The largest absolute Gasteiger partial charge is 0.464 e. The molecule has 0 fully saturated rings. The van der Waals surface area contributed by atoms with E-state index in [0.717, 1.165) is 4.31 Å². The first-order valence-electron chi connectivity index (χ1n) is 5.92. The van der Waals surface area contributed by atoms with Gasteiger partial charge >= 0.3 is 5.97 Å². The van der Waals surface area contributed by atoms with E-state index in [1.165, 1.54) is 37.8 Å². The summed E-state index contributed by atoms with van der Waals surface area (Å²) in [5.41, 5.74) is -0.0159. The smallest absolute Gasteiger partial charge is 0.355 e. The summed E-state index contributed by atoms with van der Waals surface area (Å²) < 4.78 is 35.8. The van der Waals surface area contributed by atoms with Crippen LogP contribution in [0.15, 0.2) is 39.5 Å². The van der Waals surface area contributed by atoms with Crippen molar-refractivity contribution in [3.63, 3.8) is 0 Å². The molecular formula is C13H11NO5S2. The molecule has 0 amide bonds. The number of ether oxygens (including phenoxy) is 1. The number of sulfonamides is 1. The van der Waals surface area contributed by atoms with Gasteiger partial charge in [-0.25, -0.2) is 13.2 Å². The van der Waals surface area contributed by atoms with Crippen molar-refractivity contribution in [2.24, 2.45) is 0 Å². The van der Waals surface area contributed by atoms with Crippen molar-refractivity contribution in [1.29, 1.82) is 0 Å². The Morgan fingerprint density at radius 1 is 1.43 bits per heavy atom. The second-order valence-electron chi connectivity index (χ2n) is 4.31. The van der Waals surface area contributed by atoms with Crippen molar-refractivity contribution in [3.05, 3.63) is 35.0 Å². The molecule has 0 aromatic carbocycles. The van der Waals surface area contributed by atoms with Crippen LogP contribution in [0, 0.1) is 0 Å². The molecule has 21 heavy (non-hydrogen) atoms. The highest BCUT2D eigenvalue weighted by Crippen LogP contribution is 2.40. The molecule has 1 aliphatic heterocycles. The Bertz CT molecular complexity index is 830. The lowest BCUT2D eigenvalue weighted by atomic mass is 10.3. The van der Waals surface area contributed by atoms with Crippen LogP contribution in [0.5, 0.6) is 0 Å². The maximum Gasteiger partial charge on any atom is 0.355 e. The van der Waals surface area contributed by atoms with Gasteiger partial charge in [0.1, 0.15) is 16.4 Å². The maximum atomic E-state index is 12.5. The fourth-order valence-corrected chi connectivity index (χ4v) is 4.75. The average Bonchev–Trinajstić information content (AvgIpc) is 3.10. The van der Waals surface area contributed by atoms with E-state index in [-0.39, 0.29) is 10.6 Å². The third kappa shape index (κ3) is 2.07. The normalized spacial score (nSPS) is 16.3. The standard InChI is InChI=1S/C13H11NO5S2/c1-14-8(13(15)18-2)6-11-12(21(14,16)17)7-10(20-11)9-4-3-5-19-9/h3-7H,1-2H3. The first-order chi connectivity index (χ1) is 9.95. The minimum atomic E-state index is -3.76. The summed E-state index contributed by atoms with van der Waals surface area (Å²) in [6.07, 6.45) is 3.03. The number of methoxy groups -OCH3 is 1. The van der Waals surface area contributed by atoms with E-state index < -0.39 is 16.0 Å². The van der Waals surface area contributed by atoms with Crippen molar-refractivity contribution in [1.82, 2.24) is 4.31 Å². The maximum absolute atomic E-state index is 12.5. The van der Waals surface area contributed by atoms with Gasteiger partial charge in [0, 0.05) is 7.05 Å². The lowest BCUT2D eigenvalue weighted by Crippen LogP contribution is -2.33. The summed E-state index contributed by atoms with van der Waals surface area (Å²) in [6, 6.07) is 5.03. The molecule has 1 aliphatic rings. The Labute approximate surface area is 125 Å². The molecule has 0 aliphatic carbocycles. The predicted molar refractivity (Wildman–Crippen MR) is 77.0 cm³/mol. The minimum Gasteiger partial charge on any atom is -0.464 e. The van der Waals surface area contributed by atoms with E-state index in [9.17, 15) is 13.2 Å². The number of rotatable bonds is 2. The van der Waals surface area contributed by atoms with E-state index in [2.05, 4.69) is 4.74 Å². The number of fused-ring (bicyclic) bond motifs is 1. The lowest BCUT2D eigenvalue weighted by molar-refractivity contribution is -0.137. The minimum absolute atomic E-state index is 0.0159. The predicted octanol–water partition coefficient (Wildman–Crippen LogP) is 2.16. The number of hydrogen-bond donors (Lipinski definition) is 0. The fourth-order valence-electron chi connectivity index (χ4n) is 2.01. The van der Waals surface area contributed by atoms with Gasteiger partial charge in [0.25, 0.3) is 10.0 Å². The number of likely N-dealkylation sites (N-methyl/N-ethyl adjacent to an activating group) is 1. The first kappa shape index (κ1) is 13.9. The molecule has 0 atom stereocenters. The first-order valence-corrected chi connectivity index (χ1v) is 8.17. The number of nitrogens with zero attached hydrogens (tertiary/aromatic N) is 1. The zero-order valence-electron chi connectivity index (χ0n) is 11.2. The van der Waals surface area contributed by atoms with Crippen molar-refractivity contribution in [3.8, 4) is 10.6 Å². The van der Waals surface area contributed by atoms with Crippen LogP contribution in [-0.4, -0.2) is 32.8 Å². The monoisotopic (exact) mass is 325 g/mol. The Morgan fingerprint density at radius 3 is 2.81 bits per heavy atom. The van der Waals surface area contributed by atoms with Gasteiger partial charge in [0.05, 0.1) is 23.1 Å². The second-order valence-corrected chi connectivity index (χ2v) is 7.33. The second kappa shape index (κ2) is 4.74. The third-order valence-electron chi connectivity index (χ3n) is 3.13. The van der Waals surface area contributed by atoms with Gasteiger partial charge in [-0.05, 0) is 24.3 Å². The van der Waals surface area contributed by atoms with Crippen LogP contribution < -0.4 is 0 Å². The van der Waals surface area contributed by atoms with Crippen LogP contribution in [-0.2, 0) is 19.6 Å².